The van der Waals surface area contributed by atoms with E-state index in [2.05, 4.69) is 0 Å². The van der Waals surface area contributed by atoms with Crippen LogP contribution in [0.5, 0.6) is 0 Å². The Bertz CT molecular complexity index is 68.8. The Hall–Kier alpha value is 0.500. The molecule has 0 amide bonds. The molecule has 0 aromatic heterocycles. The molecule has 0 aromatic rings. The molecule has 0 bridgehead atoms. The van der Waals surface area contributed by atoms with Crippen molar-refractivity contribution in [2.24, 2.45) is 0 Å². The molecule has 0 aliphatic rings. The van der Waals surface area contributed by atoms with Crippen molar-refractivity contribution < 1.29 is 9.84 Å². The van der Waals surface area contributed by atoms with E-state index in [1.54, 1.807) is 0 Å². The van der Waals surface area contributed by atoms with Gasteiger partial charge in [0, 0.05) is 18.9 Å². The summed E-state index contributed by atoms with van der Waals surface area (Å²) in [4.78, 5) is 0. The first-order valence-electron chi connectivity index (χ1n) is 3.23. The van der Waals surface area contributed by atoms with Gasteiger partial charge in [-0.05, 0) is 6.42 Å². The third-order valence-electron chi connectivity index (χ3n) is 0.923. The molecule has 0 saturated carbocycles. The van der Waals surface area contributed by atoms with Gasteiger partial charge in [-0.15, -0.1) is 11.6 Å². The maximum absolute atomic E-state index is 8.57. The Balaban J connectivity index is 2.77. The van der Waals surface area contributed by atoms with E-state index in [9.17, 15) is 0 Å². The van der Waals surface area contributed by atoms with Crippen molar-refractivity contribution in [1.29, 1.82) is 0 Å². The topological polar surface area (TPSA) is 29.5 Å². The van der Waals surface area contributed by atoms with Gasteiger partial charge < -0.3 is 9.84 Å². The highest BCUT2D eigenvalue weighted by Gasteiger charge is 1.96. The molecule has 62 valence electrons. The van der Waals surface area contributed by atoms with Crippen molar-refractivity contribution in [1.82, 2.24) is 0 Å². The molecule has 2 nitrogen and oxygen atoms in total. The van der Waals surface area contributed by atoms with Crippen LogP contribution in [0.2, 0.25) is 0 Å². The van der Waals surface area contributed by atoms with Crippen molar-refractivity contribution >= 4 is 23.2 Å². The van der Waals surface area contributed by atoms with E-state index in [1.165, 1.54) is 0 Å². The molecule has 1 N–H and O–H groups in total. The van der Waals surface area contributed by atoms with E-state index in [-0.39, 0.29) is 0 Å². The van der Waals surface area contributed by atoms with Crippen LogP contribution in [0.15, 0.2) is 0 Å². The van der Waals surface area contributed by atoms with Crippen molar-refractivity contribution in [2.45, 2.75) is 18.4 Å². The van der Waals surface area contributed by atoms with Crippen molar-refractivity contribution in [3.8, 4) is 0 Å². The Morgan fingerprint density at radius 3 is 2.60 bits per heavy atom. The molecule has 0 fully saturated rings. The molecule has 0 spiro atoms. The zero-order valence-electron chi connectivity index (χ0n) is 5.72. The quantitative estimate of drug-likeness (QED) is 0.505. The molecule has 0 aliphatic carbocycles. The van der Waals surface area contributed by atoms with Gasteiger partial charge in [-0.2, -0.15) is 0 Å². The predicted octanol–water partition coefficient (Wildman–Crippen LogP) is 1.58. The number of hydrogen-bond acceptors (Lipinski definition) is 2. The summed E-state index contributed by atoms with van der Waals surface area (Å²) in [5, 5.41) is 8.57. The zero-order chi connectivity index (χ0) is 7.82. The summed E-state index contributed by atoms with van der Waals surface area (Å²) in [7, 11) is 0. The van der Waals surface area contributed by atoms with Crippen LogP contribution in [0.1, 0.15) is 12.8 Å². The molecule has 1 atom stereocenters. The standard InChI is InChI=1S/C6H12Cl2O2/c7-3-1-4-10-5-2-6(8)9/h6,9H,1-5H2. The number of halogens is 2. The van der Waals surface area contributed by atoms with Crippen molar-refractivity contribution in [2.75, 3.05) is 19.1 Å². The minimum atomic E-state index is -0.781. The van der Waals surface area contributed by atoms with E-state index in [0.29, 0.717) is 25.5 Å². The summed E-state index contributed by atoms with van der Waals surface area (Å²) in [6.07, 6.45) is 1.32. The van der Waals surface area contributed by atoms with Crippen LogP contribution in [0.25, 0.3) is 0 Å². The fraction of sp³-hybridized carbons (Fsp3) is 1.00. The second-order valence-corrected chi connectivity index (χ2v) is 2.76. The summed E-state index contributed by atoms with van der Waals surface area (Å²) in [5.74, 6) is 0.615. The van der Waals surface area contributed by atoms with Crippen LogP contribution in [0.3, 0.4) is 0 Å². The molecule has 1 unspecified atom stereocenters. The average molecular weight is 187 g/mol. The molecule has 0 aliphatic heterocycles. The van der Waals surface area contributed by atoms with E-state index in [0.717, 1.165) is 6.42 Å². The lowest BCUT2D eigenvalue weighted by atomic mass is 10.5. The first kappa shape index (κ1) is 10.5. The maximum atomic E-state index is 8.57. The fourth-order valence-electron chi connectivity index (χ4n) is 0.439. The van der Waals surface area contributed by atoms with Gasteiger partial charge in [-0.1, -0.05) is 11.6 Å². The van der Waals surface area contributed by atoms with Crippen LogP contribution in [0.4, 0.5) is 0 Å². The maximum Gasteiger partial charge on any atom is 0.130 e. The third kappa shape index (κ3) is 8.50. The molecule has 0 saturated heterocycles. The second-order valence-electron chi connectivity index (χ2n) is 1.88. The first-order chi connectivity index (χ1) is 4.77. The SMILES string of the molecule is OC(Cl)CCOCCCCl. The molecule has 10 heavy (non-hydrogen) atoms. The highest BCUT2D eigenvalue weighted by molar-refractivity contribution is 6.19. The molecule has 0 radical (unpaired) electrons. The molecule has 4 heteroatoms. The second kappa shape index (κ2) is 7.61. The Labute approximate surface area is 71.1 Å². The first-order valence-corrected chi connectivity index (χ1v) is 4.20. The number of ether oxygens (including phenoxy) is 1. The number of alkyl halides is 2. The normalized spacial score (nSPS) is 13.5. The van der Waals surface area contributed by atoms with Crippen LogP contribution >= 0.6 is 23.2 Å². The van der Waals surface area contributed by atoms with E-state index in [4.69, 9.17) is 33.0 Å². The van der Waals surface area contributed by atoms with Gasteiger partial charge in [-0.25, -0.2) is 0 Å². The van der Waals surface area contributed by atoms with E-state index < -0.39 is 5.56 Å². The molecular weight excluding hydrogens is 175 g/mol. The Morgan fingerprint density at radius 1 is 1.40 bits per heavy atom. The lowest BCUT2D eigenvalue weighted by Crippen LogP contribution is -2.04. The number of hydrogen-bond donors (Lipinski definition) is 1. The van der Waals surface area contributed by atoms with E-state index >= 15 is 0 Å². The highest BCUT2D eigenvalue weighted by Crippen LogP contribution is 1.97. The van der Waals surface area contributed by atoms with Crippen LogP contribution in [0, 0.1) is 0 Å². The van der Waals surface area contributed by atoms with Gasteiger partial charge in [0.25, 0.3) is 0 Å². The summed E-state index contributed by atoms with van der Waals surface area (Å²) in [6.45, 7) is 1.15. The van der Waals surface area contributed by atoms with Gasteiger partial charge in [0.15, 0.2) is 0 Å². The minimum absolute atomic E-state index is 0.476. The largest absolute Gasteiger partial charge is 0.381 e. The fourth-order valence-corrected chi connectivity index (χ4v) is 0.637. The Morgan fingerprint density at radius 2 is 2.10 bits per heavy atom. The van der Waals surface area contributed by atoms with Gasteiger partial charge >= 0.3 is 0 Å². The Kier molecular flexibility index (Phi) is 7.99. The molecular formula is C6H12Cl2O2. The molecule has 0 rings (SSSR count). The third-order valence-corrected chi connectivity index (χ3v) is 1.41. The molecule has 0 heterocycles. The van der Waals surface area contributed by atoms with Crippen LogP contribution < -0.4 is 0 Å². The number of aliphatic hydroxyl groups is 1. The lowest BCUT2D eigenvalue weighted by molar-refractivity contribution is 0.108. The van der Waals surface area contributed by atoms with Gasteiger partial charge in [0.1, 0.15) is 5.56 Å². The average Bonchev–Trinajstić information content (AvgIpc) is 1.87. The smallest absolute Gasteiger partial charge is 0.130 e. The summed E-state index contributed by atoms with van der Waals surface area (Å²) in [6, 6.07) is 0. The number of rotatable bonds is 6. The van der Waals surface area contributed by atoms with E-state index in [1.807, 2.05) is 0 Å². The lowest BCUT2D eigenvalue weighted by Gasteiger charge is -2.02. The van der Waals surface area contributed by atoms with Crippen molar-refractivity contribution in [3.63, 3.8) is 0 Å². The minimum Gasteiger partial charge on any atom is -0.381 e. The van der Waals surface area contributed by atoms with Gasteiger partial charge in [0.05, 0.1) is 6.61 Å². The summed E-state index contributed by atoms with van der Waals surface area (Å²) in [5.41, 5.74) is -0.781. The van der Waals surface area contributed by atoms with Gasteiger partial charge in [0.2, 0.25) is 0 Å². The number of aliphatic hydroxyl groups excluding tert-OH is 1. The van der Waals surface area contributed by atoms with Crippen LogP contribution in [-0.2, 0) is 4.74 Å². The van der Waals surface area contributed by atoms with Crippen LogP contribution in [-0.4, -0.2) is 29.8 Å². The molecule has 0 aromatic carbocycles. The zero-order valence-corrected chi connectivity index (χ0v) is 7.24. The summed E-state index contributed by atoms with van der Waals surface area (Å²) < 4.78 is 5.06. The summed E-state index contributed by atoms with van der Waals surface area (Å²) >= 11 is 10.6. The predicted molar refractivity (Wildman–Crippen MR) is 42.6 cm³/mol. The van der Waals surface area contributed by atoms with Gasteiger partial charge in [-0.3, -0.25) is 0 Å². The highest BCUT2D eigenvalue weighted by atomic mass is 35.5. The van der Waals surface area contributed by atoms with Crippen molar-refractivity contribution in [3.05, 3.63) is 0 Å². The monoisotopic (exact) mass is 186 g/mol.